The van der Waals surface area contributed by atoms with Crippen LogP contribution >= 0.6 is 11.3 Å². The lowest BCUT2D eigenvalue weighted by atomic mass is 10.2. The monoisotopic (exact) mass is 386 g/mol. The minimum atomic E-state index is -4.05. The third-order valence-electron chi connectivity index (χ3n) is 2.85. The van der Waals surface area contributed by atoms with Gasteiger partial charge >= 0.3 is 12.2 Å². The Bertz CT molecular complexity index is 865. The summed E-state index contributed by atoms with van der Waals surface area (Å²) in [6.07, 6.45) is -2.23. The normalized spacial score (nSPS) is 12.0. The second-order valence-electron chi connectivity index (χ2n) is 6.07. The highest BCUT2D eigenvalue weighted by molar-refractivity contribution is 7.93. The lowest BCUT2D eigenvalue weighted by molar-refractivity contribution is 0.0277. The molecule has 0 aliphatic heterocycles. The van der Waals surface area contributed by atoms with E-state index >= 15 is 0 Å². The lowest BCUT2D eigenvalue weighted by Gasteiger charge is -2.24. The summed E-state index contributed by atoms with van der Waals surface area (Å²) in [5.41, 5.74) is -0.379. The van der Waals surface area contributed by atoms with Crippen molar-refractivity contribution in [2.75, 3.05) is 13.0 Å². The van der Waals surface area contributed by atoms with E-state index in [0.717, 1.165) is 18.4 Å². The molecule has 0 spiro atoms. The van der Waals surface area contributed by atoms with Crippen molar-refractivity contribution in [1.29, 1.82) is 0 Å². The molecule has 0 bridgehead atoms. The lowest BCUT2D eigenvalue weighted by Crippen LogP contribution is -2.43. The summed E-state index contributed by atoms with van der Waals surface area (Å²) in [5, 5.41) is 0. The van der Waals surface area contributed by atoms with Crippen LogP contribution in [0.15, 0.2) is 28.6 Å². The first kappa shape index (κ1) is 19.1. The minimum Gasteiger partial charge on any atom is -0.452 e. The van der Waals surface area contributed by atoms with Gasteiger partial charge in [-0.25, -0.2) is 23.0 Å². The van der Waals surface area contributed by atoms with Gasteiger partial charge in [0.2, 0.25) is 14.2 Å². The largest absolute Gasteiger partial charge is 0.452 e. The zero-order chi connectivity index (χ0) is 18.8. The smallest absolute Gasteiger partial charge is 0.420 e. The van der Waals surface area contributed by atoms with Gasteiger partial charge in [0.1, 0.15) is 11.5 Å². The average Bonchev–Trinajstić information content (AvgIpc) is 2.95. The number of imide groups is 1. The molecular formula is C15H18N2O6S2. The van der Waals surface area contributed by atoms with Crippen molar-refractivity contribution in [3.05, 3.63) is 24.3 Å². The number of amides is 2. The van der Waals surface area contributed by atoms with Crippen molar-refractivity contribution in [3.63, 3.8) is 0 Å². The molecule has 25 heavy (non-hydrogen) atoms. The molecule has 0 saturated carbocycles. The van der Waals surface area contributed by atoms with Crippen LogP contribution in [0.2, 0.25) is 0 Å². The number of hydrogen-bond donors (Lipinski definition) is 0. The molecule has 136 valence electrons. The number of carbonyl (C=O) groups excluding carboxylic acids is 2. The molecule has 10 heteroatoms. The van der Waals surface area contributed by atoms with Gasteiger partial charge in [0.15, 0.2) is 0 Å². The Morgan fingerprint density at radius 1 is 1.20 bits per heavy atom. The first-order valence-electron chi connectivity index (χ1n) is 7.20. The number of fused-ring (bicyclic) bond motifs is 1. The topological polar surface area (TPSA) is 103 Å². The van der Waals surface area contributed by atoms with Crippen LogP contribution < -0.4 is 0 Å². The number of thiazole rings is 1. The molecule has 0 fully saturated rings. The van der Waals surface area contributed by atoms with E-state index in [4.69, 9.17) is 4.74 Å². The Balaban J connectivity index is 2.32. The van der Waals surface area contributed by atoms with E-state index in [1.165, 1.54) is 0 Å². The standard InChI is InChI=1S/C15H18N2O6S2/c1-15(2,3)23-14(19)17(13(18)22-4)9-25(20,21)12-16-10-7-5-6-8-11(10)24-12/h5-8H,9H2,1-4H3. The first-order chi connectivity index (χ1) is 11.5. The van der Waals surface area contributed by atoms with Crippen LogP contribution in [0, 0.1) is 0 Å². The van der Waals surface area contributed by atoms with E-state index < -0.39 is 33.5 Å². The van der Waals surface area contributed by atoms with Crippen molar-refractivity contribution in [2.24, 2.45) is 0 Å². The van der Waals surface area contributed by atoms with Crippen LogP contribution in [-0.2, 0) is 19.3 Å². The van der Waals surface area contributed by atoms with E-state index in [1.807, 2.05) is 0 Å². The van der Waals surface area contributed by atoms with Gasteiger partial charge in [0, 0.05) is 0 Å². The fourth-order valence-corrected chi connectivity index (χ4v) is 4.35. The number of rotatable bonds is 3. The highest BCUT2D eigenvalue weighted by Crippen LogP contribution is 2.26. The molecule has 2 aromatic rings. The van der Waals surface area contributed by atoms with Crippen LogP contribution in [0.3, 0.4) is 0 Å². The van der Waals surface area contributed by atoms with Gasteiger partial charge < -0.3 is 9.47 Å². The molecule has 0 radical (unpaired) electrons. The number of sulfone groups is 1. The molecule has 1 heterocycles. The van der Waals surface area contributed by atoms with E-state index in [1.54, 1.807) is 45.0 Å². The zero-order valence-corrected chi connectivity index (χ0v) is 15.8. The third kappa shape index (κ3) is 4.67. The van der Waals surface area contributed by atoms with Crippen molar-refractivity contribution in [2.45, 2.75) is 30.7 Å². The Morgan fingerprint density at radius 3 is 2.40 bits per heavy atom. The number of benzene rings is 1. The fourth-order valence-electron chi connectivity index (χ4n) is 1.82. The number of carbonyl (C=O) groups is 2. The number of nitrogens with zero attached hydrogens (tertiary/aromatic N) is 2. The number of hydrogen-bond acceptors (Lipinski definition) is 8. The number of aromatic nitrogens is 1. The van der Waals surface area contributed by atoms with Gasteiger partial charge in [-0.2, -0.15) is 4.90 Å². The van der Waals surface area contributed by atoms with Crippen molar-refractivity contribution in [3.8, 4) is 0 Å². The second kappa shape index (κ2) is 6.96. The molecule has 0 N–H and O–H groups in total. The van der Waals surface area contributed by atoms with Crippen LogP contribution in [0.5, 0.6) is 0 Å². The van der Waals surface area contributed by atoms with E-state index in [9.17, 15) is 18.0 Å². The van der Waals surface area contributed by atoms with Gasteiger partial charge in [-0.05, 0) is 32.9 Å². The molecule has 1 aromatic carbocycles. The molecule has 0 saturated heterocycles. The van der Waals surface area contributed by atoms with Gasteiger partial charge in [0.25, 0.3) is 0 Å². The molecule has 2 amide bonds. The summed E-state index contributed by atoms with van der Waals surface area (Å²) in [7, 11) is -3.00. The Morgan fingerprint density at radius 2 is 1.84 bits per heavy atom. The molecular weight excluding hydrogens is 368 g/mol. The molecule has 0 unspecified atom stereocenters. The summed E-state index contributed by atoms with van der Waals surface area (Å²) < 4.78 is 35.2. The summed E-state index contributed by atoms with van der Waals surface area (Å²) in [5.74, 6) is -0.922. The van der Waals surface area contributed by atoms with Crippen molar-refractivity contribution < 1.29 is 27.5 Å². The molecule has 0 aliphatic carbocycles. The minimum absolute atomic E-state index is 0.189. The fraction of sp³-hybridized carbons (Fsp3) is 0.400. The number of para-hydroxylation sites is 1. The molecule has 0 aliphatic rings. The highest BCUT2D eigenvalue weighted by atomic mass is 32.2. The maximum Gasteiger partial charge on any atom is 0.420 e. The van der Waals surface area contributed by atoms with Crippen LogP contribution in [-0.4, -0.2) is 49.1 Å². The van der Waals surface area contributed by atoms with E-state index in [-0.39, 0.29) is 4.34 Å². The SMILES string of the molecule is COC(=O)N(CS(=O)(=O)c1nc2ccccc2s1)C(=O)OC(C)(C)C. The quantitative estimate of drug-likeness (QED) is 0.799. The average molecular weight is 386 g/mol. The maximum absolute atomic E-state index is 12.6. The van der Waals surface area contributed by atoms with Gasteiger partial charge in [-0.1, -0.05) is 12.1 Å². The summed E-state index contributed by atoms with van der Waals surface area (Å²) in [6, 6.07) is 6.91. The zero-order valence-electron chi connectivity index (χ0n) is 14.2. The Kier molecular flexibility index (Phi) is 5.33. The number of ether oxygens (including phenoxy) is 2. The molecule has 2 rings (SSSR count). The van der Waals surface area contributed by atoms with Crippen LogP contribution in [0.4, 0.5) is 9.59 Å². The highest BCUT2D eigenvalue weighted by Gasteiger charge is 2.34. The predicted molar refractivity (Wildman–Crippen MR) is 92.2 cm³/mol. The van der Waals surface area contributed by atoms with Crippen molar-refractivity contribution in [1.82, 2.24) is 9.88 Å². The third-order valence-corrected chi connectivity index (χ3v) is 5.91. The Labute approximate surface area is 149 Å². The summed E-state index contributed by atoms with van der Waals surface area (Å²) in [4.78, 5) is 28.5. The van der Waals surface area contributed by atoms with Crippen molar-refractivity contribution >= 4 is 43.6 Å². The Hall–Kier alpha value is -2.20. The summed E-state index contributed by atoms with van der Waals surface area (Å²) in [6.45, 7) is 4.80. The molecule has 0 atom stereocenters. The van der Waals surface area contributed by atoms with E-state index in [2.05, 4.69) is 9.72 Å². The first-order valence-corrected chi connectivity index (χ1v) is 9.67. The second-order valence-corrected chi connectivity index (χ2v) is 9.23. The molecule has 1 aromatic heterocycles. The maximum atomic E-state index is 12.6. The van der Waals surface area contributed by atoms with Crippen LogP contribution in [0.25, 0.3) is 10.2 Å². The van der Waals surface area contributed by atoms with Crippen LogP contribution in [0.1, 0.15) is 20.8 Å². The van der Waals surface area contributed by atoms with Gasteiger partial charge in [-0.15, -0.1) is 11.3 Å². The van der Waals surface area contributed by atoms with E-state index in [0.29, 0.717) is 15.1 Å². The van der Waals surface area contributed by atoms with Gasteiger partial charge in [-0.3, -0.25) is 0 Å². The van der Waals surface area contributed by atoms with Gasteiger partial charge in [0.05, 0.1) is 17.3 Å². The number of methoxy groups -OCH3 is 1. The molecule has 8 nitrogen and oxygen atoms in total. The summed E-state index contributed by atoms with van der Waals surface area (Å²) >= 11 is 0.960. The predicted octanol–water partition coefficient (Wildman–Crippen LogP) is 3.03.